The summed E-state index contributed by atoms with van der Waals surface area (Å²) < 4.78 is 0. The highest BCUT2D eigenvalue weighted by molar-refractivity contribution is 5.98. The van der Waals surface area contributed by atoms with Gasteiger partial charge in [0.25, 0.3) is 5.91 Å². The van der Waals surface area contributed by atoms with Crippen molar-refractivity contribution in [2.24, 2.45) is 0 Å². The van der Waals surface area contributed by atoms with Crippen LogP contribution in [-0.4, -0.2) is 73.5 Å². The van der Waals surface area contributed by atoms with Gasteiger partial charge in [-0.3, -0.25) is 19.4 Å². The number of hydrogen-bond donors (Lipinski definition) is 2. The van der Waals surface area contributed by atoms with Gasteiger partial charge in [-0.25, -0.2) is 4.79 Å². The van der Waals surface area contributed by atoms with Gasteiger partial charge in [-0.05, 0) is 43.2 Å². The molecule has 0 spiro atoms. The number of urea groups is 1. The topological polar surface area (TPSA) is 85.0 Å². The molecule has 8 heteroatoms. The SMILES string of the molecule is Cc1cccc(C)c1NC(=O)CN1CCN(C(=O)c2cccc(N3CCNC3=O)c2)CC1. The molecule has 2 heterocycles. The van der Waals surface area contributed by atoms with Crippen molar-refractivity contribution in [3.05, 3.63) is 59.2 Å². The third-order valence-electron chi connectivity index (χ3n) is 6.03. The fraction of sp³-hybridized carbons (Fsp3) is 0.375. The number of hydrogen-bond acceptors (Lipinski definition) is 4. The van der Waals surface area contributed by atoms with E-state index in [2.05, 4.69) is 15.5 Å². The Morgan fingerprint density at radius 2 is 1.66 bits per heavy atom. The first kappa shape index (κ1) is 21.8. The number of carbonyl (C=O) groups is 3. The van der Waals surface area contributed by atoms with E-state index in [9.17, 15) is 14.4 Å². The largest absolute Gasteiger partial charge is 0.336 e. The van der Waals surface area contributed by atoms with E-state index in [0.29, 0.717) is 51.4 Å². The second-order valence-electron chi connectivity index (χ2n) is 8.32. The van der Waals surface area contributed by atoms with Gasteiger partial charge in [0.2, 0.25) is 5.91 Å². The summed E-state index contributed by atoms with van der Waals surface area (Å²) >= 11 is 0. The number of carbonyl (C=O) groups excluding carboxylic acids is 3. The average Bonchev–Trinajstić information content (AvgIpc) is 3.22. The minimum absolute atomic E-state index is 0.0428. The zero-order chi connectivity index (χ0) is 22.7. The Hall–Kier alpha value is -3.39. The van der Waals surface area contributed by atoms with Gasteiger partial charge in [-0.15, -0.1) is 0 Å². The molecule has 168 valence electrons. The van der Waals surface area contributed by atoms with E-state index in [1.807, 2.05) is 49.1 Å². The van der Waals surface area contributed by atoms with Crippen molar-refractivity contribution in [3.8, 4) is 0 Å². The molecule has 0 aliphatic carbocycles. The van der Waals surface area contributed by atoms with Crippen molar-refractivity contribution in [3.63, 3.8) is 0 Å². The van der Waals surface area contributed by atoms with Gasteiger partial charge in [-0.1, -0.05) is 24.3 Å². The second kappa shape index (κ2) is 9.40. The van der Waals surface area contributed by atoms with Gasteiger partial charge in [0.05, 0.1) is 6.54 Å². The predicted molar refractivity (Wildman–Crippen MR) is 124 cm³/mol. The molecule has 2 fully saturated rings. The molecule has 2 N–H and O–H groups in total. The predicted octanol–water partition coefficient (Wildman–Crippen LogP) is 2.23. The van der Waals surface area contributed by atoms with E-state index < -0.39 is 0 Å². The minimum atomic E-state index is -0.137. The number of piperazine rings is 1. The third-order valence-corrected chi connectivity index (χ3v) is 6.03. The third kappa shape index (κ3) is 4.75. The van der Waals surface area contributed by atoms with Crippen LogP contribution in [0.15, 0.2) is 42.5 Å². The lowest BCUT2D eigenvalue weighted by atomic mass is 10.1. The zero-order valence-corrected chi connectivity index (χ0v) is 18.6. The molecule has 0 bridgehead atoms. The molecule has 0 atom stereocenters. The maximum absolute atomic E-state index is 13.0. The summed E-state index contributed by atoms with van der Waals surface area (Å²) in [7, 11) is 0. The zero-order valence-electron chi connectivity index (χ0n) is 18.6. The Labute approximate surface area is 188 Å². The number of rotatable bonds is 5. The van der Waals surface area contributed by atoms with Crippen LogP contribution in [0.3, 0.4) is 0 Å². The highest BCUT2D eigenvalue weighted by atomic mass is 16.2. The molecule has 4 rings (SSSR count). The van der Waals surface area contributed by atoms with Crippen LogP contribution in [0.4, 0.5) is 16.2 Å². The smallest absolute Gasteiger partial charge is 0.321 e. The van der Waals surface area contributed by atoms with Crippen LogP contribution in [-0.2, 0) is 4.79 Å². The number of anilines is 2. The number of amides is 4. The van der Waals surface area contributed by atoms with E-state index in [1.54, 1.807) is 17.0 Å². The Kier molecular flexibility index (Phi) is 6.41. The average molecular weight is 436 g/mol. The lowest BCUT2D eigenvalue weighted by Crippen LogP contribution is -2.50. The monoisotopic (exact) mass is 435 g/mol. The lowest BCUT2D eigenvalue weighted by molar-refractivity contribution is -0.117. The van der Waals surface area contributed by atoms with E-state index in [-0.39, 0.29) is 17.8 Å². The van der Waals surface area contributed by atoms with Crippen LogP contribution in [0.5, 0.6) is 0 Å². The molecular formula is C24H29N5O3. The summed E-state index contributed by atoms with van der Waals surface area (Å²) in [4.78, 5) is 43.0. The summed E-state index contributed by atoms with van der Waals surface area (Å²) in [5.74, 6) is -0.0927. The first-order chi connectivity index (χ1) is 15.4. The van der Waals surface area contributed by atoms with Crippen molar-refractivity contribution in [1.29, 1.82) is 0 Å². The van der Waals surface area contributed by atoms with Crippen molar-refractivity contribution in [2.75, 3.05) is 56.0 Å². The van der Waals surface area contributed by atoms with Crippen molar-refractivity contribution < 1.29 is 14.4 Å². The fourth-order valence-electron chi connectivity index (χ4n) is 4.21. The Morgan fingerprint density at radius 1 is 0.969 bits per heavy atom. The molecule has 8 nitrogen and oxygen atoms in total. The molecule has 2 aliphatic heterocycles. The van der Waals surface area contributed by atoms with Crippen LogP contribution in [0.25, 0.3) is 0 Å². The van der Waals surface area contributed by atoms with Crippen LogP contribution in [0, 0.1) is 13.8 Å². The highest BCUT2D eigenvalue weighted by Crippen LogP contribution is 2.21. The van der Waals surface area contributed by atoms with Crippen LogP contribution in [0.2, 0.25) is 0 Å². The maximum atomic E-state index is 13.0. The van der Waals surface area contributed by atoms with Crippen LogP contribution in [0.1, 0.15) is 21.5 Å². The summed E-state index contributed by atoms with van der Waals surface area (Å²) in [6.07, 6.45) is 0. The molecule has 2 aromatic rings. The Morgan fingerprint density at radius 3 is 2.31 bits per heavy atom. The second-order valence-corrected chi connectivity index (χ2v) is 8.32. The van der Waals surface area contributed by atoms with Crippen LogP contribution < -0.4 is 15.5 Å². The number of nitrogens with one attached hydrogen (secondary N) is 2. The van der Waals surface area contributed by atoms with E-state index >= 15 is 0 Å². The van der Waals surface area contributed by atoms with E-state index in [0.717, 1.165) is 22.5 Å². The quantitative estimate of drug-likeness (QED) is 0.754. The number of para-hydroxylation sites is 1. The molecule has 2 aromatic carbocycles. The van der Waals surface area contributed by atoms with Gasteiger partial charge < -0.3 is 15.5 Å². The molecular weight excluding hydrogens is 406 g/mol. The van der Waals surface area contributed by atoms with E-state index in [1.165, 1.54) is 0 Å². The minimum Gasteiger partial charge on any atom is -0.336 e. The maximum Gasteiger partial charge on any atom is 0.321 e. The molecule has 4 amide bonds. The normalized spacial score (nSPS) is 16.8. The molecule has 2 saturated heterocycles. The first-order valence-electron chi connectivity index (χ1n) is 11.0. The summed E-state index contributed by atoms with van der Waals surface area (Å²) in [6, 6.07) is 13.0. The Bertz CT molecular complexity index is 1010. The summed E-state index contributed by atoms with van der Waals surface area (Å²) in [6.45, 7) is 7.87. The number of aryl methyl sites for hydroxylation is 2. The van der Waals surface area contributed by atoms with Gasteiger partial charge in [0.1, 0.15) is 0 Å². The molecule has 0 aromatic heterocycles. The highest BCUT2D eigenvalue weighted by Gasteiger charge is 2.25. The molecule has 0 unspecified atom stereocenters. The van der Waals surface area contributed by atoms with Gasteiger partial charge in [-0.2, -0.15) is 0 Å². The molecule has 0 saturated carbocycles. The summed E-state index contributed by atoms with van der Waals surface area (Å²) in [5.41, 5.74) is 4.26. The first-order valence-corrected chi connectivity index (χ1v) is 11.0. The number of nitrogens with zero attached hydrogens (tertiary/aromatic N) is 3. The van der Waals surface area contributed by atoms with Crippen LogP contribution >= 0.6 is 0 Å². The van der Waals surface area contributed by atoms with Crippen molar-refractivity contribution in [1.82, 2.24) is 15.1 Å². The fourth-order valence-corrected chi connectivity index (χ4v) is 4.21. The van der Waals surface area contributed by atoms with E-state index in [4.69, 9.17) is 0 Å². The Balaban J connectivity index is 1.31. The molecule has 2 aliphatic rings. The number of benzene rings is 2. The molecule has 0 radical (unpaired) electrons. The van der Waals surface area contributed by atoms with Crippen molar-refractivity contribution in [2.45, 2.75) is 13.8 Å². The lowest BCUT2D eigenvalue weighted by Gasteiger charge is -2.34. The summed E-state index contributed by atoms with van der Waals surface area (Å²) in [5, 5.41) is 5.80. The van der Waals surface area contributed by atoms with Gasteiger partial charge in [0.15, 0.2) is 0 Å². The standard InChI is InChI=1S/C24H29N5O3/c1-17-5-3-6-18(2)22(17)26-21(30)16-27-11-13-28(14-12-27)23(31)19-7-4-8-20(15-19)29-10-9-25-24(29)32/h3-8,15H,9-14,16H2,1-2H3,(H,25,32)(H,26,30). The molecule has 32 heavy (non-hydrogen) atoms. The van der Waals surface area contributed by atoms with Gasteiger partial charge in [0, 0.05) is 56.2 Å². The van der Waals surface area contributed by atoms with Crippen molar-refractivity contribution >= 4 is 29.2 Å². The van der Waals surface area contributed by atoms with Gasteiger partial charge >= 0.3 is 6.03 Å².